The summed E-state index contributed by atoms with van der Waals surface area (Å²) >= 11 is 1.73. The molecule has 0 atom stereocenters. The number of nitrogens with zero attached hydrogens (tertiary/aromatic N) is 3. The molecule has 118 valence electrons. The molecular formula is C16H15N3O2S2. The van der Waals surface area contributed by atoms with Gasteiger partial charge in [-0.15, -0.1) is 11.3 Å². The molecule has 0 aromatic carbocycles. The van der Waals surface area contributed by atoms with E-state index in [9.17, 15) is 8.42 Å². The largest absolute Gasteiger partial charge is 0.261 e. The summed E-state index contributed by atoms with van der Waals surface area (Å²) in [5, 5.41) is 2.12. The molecule has 3 rings (SSSR count). The molecule has 23 heavy (non-hydrogen) atoms. The minimum atomic E-state index is -3.29. The highest BCUT2D eigenvalue weighted by Gasteiger charge is 2.09. The summed E-state index contributed by atoms with van der Waals surface area (Å²) in [6.07, 6.45) is 7.82. The van der Waals surface area contributed by atoms with Gasteiger partial charge in [-0.1, -0.05) is 6.07 Å². The van der Waals surface area contributed by atoms with Crippen molar-refractivity contribution in [3.05, 3.63) is 58.8 Å². The zero-order chi connectivity index (χ0) is 16.3. The van der Waals surface area contributed by atoms with E-state index in [1.54, 1.807) is 29.8 Å². The Balaban J connectivity index is 1.79. The molecule has 0 fully saturated rings. The van der Waals surface area contributed by atoms with E-state index in [0.717, 1.165) is 30.4 Å². The topological polar surface area (TPSA) is 72.8 Å². The highest BCUT2D eigenvalue weighted by Crippen LogP contribution is 2.18. The minimum Gasteiger partial charge on any atom is -0.261 e. The first kappa shape index (κ1) is 15.8. The van der Waals surface area contributed by atoms with E-state index in [4.69, 9.17) is 0 Å². The van der Waals surface area contributed by atoms with Gasteiger partial charge in [-0.25, -0.2) is 18.4 Å². The monoisotopic (exact) mass is 345 g/mol. The number of aromatic nitrogens is 3. The molecule has 0 aliphatic rings. The van der Waals surface area contributed by atoms with E-state index in [1.807, 2.05) is 6.07 Å². The van der Waals surface area contributed by atoms with Crippen LogP contribution in [0.15, 0.2) is 53.3 Å². The average molecular weight is 345 g/mol. The maximum Gasteiger partial charge on any atom is 0.192 e. The summed E-state index contributed by atoms with van der Waals surface area (Å²) in [5.74, 6) is 0. The lowest BCUT2D eigenvalue weighted by molar-refractivity contribution is 0.598. The zero-order valence-corrected chi connectivity index (χ0v) is 14.1. The summed E-state index contributed by atoms with van der Waals surface area (Å²) in [6, 6.07) is 7.34. The number of aryl methyl sites for hydroxylation is 2. The van der Waals surface area contributed by atoms with Crippen LogP contribution in [0.5, 0.6) is 0 Å². The van der Waals surface area contributed by atoms with Crippen molar-refractivity contribution in [2.24, 2.45) is 0 Å². The molecule has 0 radical (unpaired) electrons. The van der Waals surface area contributed by atoms with Gasteiger partial charge in [-0.3, -0.25) is 4.98 Å². The number of sulfone groups is 1. The SMILES string of the molecule is CS(=O)(=O)c1ccc(-c2cncc(CCc3cccs3)n2)cn1. The second-order valence-corrected chi connectivity index (χ2v) is 8.13. The molecule has 0 unspecified atom stereocenters. The van der Waals surface area contributed by atoms with Crippen molar-refractivity contribution in [3.63, 3.8) is 0 Å². The normalized spacial score (nSPS) is 11.5. The van der Waals surface area contributed by atoms with Crippen molar-refractivity contribution in [3.8, 4) is 11.3 Å². The third-order valence-corrected chi connectivity index (χ3v) is 5.24. The fourth-order valence-corrected chi connectivity index (χ4v) is 3.39. The standard InChI is InChI=1S/C16H15N3O2S2/c1-23(20,21)16-7-4-12(9-18-16)15-11-17-10-13(19-15)5-6-14-3-2-8-22-14/h2-4,7-11H,5-6H2,1H3. The molecule has 0 saturated heterocycles. The molecule has 0 N–H and O–H groups in total. The number of thiophene rings is 1. The first-order valence-electron chi connectivity index (χ1n) is 7.02. The lowest BCUT2D eigenvalue weighted by atomic mass is 10.2. The lowest BCUT2D eigenvalue weighted by Crippen LogP contribution is -2.01. The molecule has 0 saturated carbocycles. The number of rotatable bonds is 5. The van der Waals surface area contributed by atoms with Crippen molar-refractivity contribution in [1.82, 2.24) is 15.0 Å². The van der Waals surface area contributed by atoms with Crippen LogP contribution in [0.1, 0.15) is 10.6 Å². The van der Waals surface area contributed by atoms with Crippen molar-refractivity contribution < 1.29 is 8.42 Å². The quantitative estimate of drug-likeness (QED) is 0.711. The Hall–Kier alpha value is -2.12. The molecule has 3 heterocycles. The smallest absolute Gasteiger partial charge is 0.192 e. The van der Waals surface area contributed by atoms with E-state index >= 15 is 0 Å². The molecule has 3 aromatic rings. The van der Waals surface area contributed by atoms with Gasteiger partial charge in [0.1, 0.15) is 0 Å². The fraction of sp³-hybridized carbons (Fsp3) is 0.188. The van der Waals surface area contributed by atoms with E-state index < -0.39 is 9.84 Å². The lowest BCUT2D eigenvalue weighted by Gasteiger charge is -2.04. The van der Waals surface area contributed by atoms with Crippen LogP contribution in [-0.4, -0.2) is 29.6 Å². The second-order valence-electron chi connectivity index (χ2n) is 5.13. The van der Waals surface area contributed by atoms with Gasteiger partial charge in [0.2, 0.25) is 0 Å². The fourth-order valence-electron chi connectivity index (χ4n) is 2.12. The summed E-state index contributed by atoms with van der Waals surface area (Å²) < 4.78 is 22.9. The van der Waals surface area contributed by atoms with Crippen LogP contribution in [-0.2, 0) is 22.7 Å². The van der Waals surface area contributed by atoms with Crippen LogP contribution < -0.4 is 0 Å². The van der Waals surface area contributed by atoms with Gasteiger partial charge in [-0.2, -0.15) is 0 Å². The molecular weight excluding hydrogens is 330 g/mol. The van der Waals surface area contributed by atoms with Gasteiger partial charge in [0, 0.05) is 29.1 Å². The molecule has 0 aliphatic carbocycles. The molecule has 7 heteroatoms. The summed E-state index contributed by atoms with van der Waals surface area (Å²) in [5.41, 5.74) is 2.35. The van der Waals surface area contributed by atoms with Gasteiger partial charge in [0.15, 0.2) is 14.9 Å². The Morgan fingerprint density at radius 3 is 2.61 bits per heavy atom. The maximum atomic E-state index is 11.4. The summed E-state index contributed by atoms with van der Waals surface area (Å²) in [4.78, 5) is 14.1. The van der Waals surface area contributed by atoms with Crippen LogP contribution in [0, 0.1) is 0 Å². The summed E-state index contributed by atoms with van der Waals surface area (Å²) in [6.45, 7) is 0. The van der Waals surface area contributed by atoms with Gasteiger partial charge in [-0.05, 0) is 36.4 Å². The van der Waals surface area contributed by atoms with Gasteiger partial charge in [0.05, 0.1) is 17.6 Å². The Morgan fingerprint density at radius 1 is 1.09 bits per heavy atom. The van der Waals surface area contributed by atoms with Gasteiger partial charge < -0.3 is 0 Å². The van der Waals surface area contributed by atoms with Crippen LogP contribution >= 0.6 is 11.3 Å². The third-order valence-electron chi connectivity index (χ3n) is 3.30. The van der Waals surface area contributed by atoms with Crippen LogP contribution in [0.2, 0.25) is 0 Å². The predicted octanol–water partition coefficient (Wildman–Crippen LogP) is 2.79. The number of hydrogen-bond donors (Lipinski definition) is 0. The Bertz CT molecular complexity index is 889. The molecule has 0 aliphatic heterocycles. The first-order chi connectivity index (χ1) is 11.0. The number of pyridine rings is 1. The van der Waals surface area contributed by atoms with Crippen LogP contribution in [0.25, 0.3) is 11.3 Å². The minimum absolute atomic E-state index is 0.0584. The Morgan fingerprint density at radius 2 is 1.96 bits per heavy atom. The highest BCUT2D eigenvalue weighted by molar-refractivity contribution is 7.90. The molecule has 0 amide bonds. The Kier molecular flexibility index (Phi) is 4.49. The van der Waals surface area contributed by atoms with E-state index in [1.165, 1.54) is 17.1 Å². The average Bonchev–Trinajstić information content (AvgIpc) is 3.06. The molecule has 0 spiro atoms. The van der Waals surface area contributed by atoms with Crippen molar-refractivity contribution in [2.75, 3.05) is 6.26 Å². The first-order valence-corrected chi connectivity index (χ1v) is 9.79. The molecule has 5 nitrogen and oxygen atoms in total. The van der Waals surface area contributed by atoms with Gasteiger partial charge in [0.25, 0.3) is 0 Å². The maximum absolute atomic E-state index is 11.4. The van der Waals surface area contributed by atoms with Crippen molar-refractivity contribution in [1.29, 1.82) is 0 Å². The van der Waals surface area contributed by atoms with Crippen LogP contribution in [0.3, 0.4) is 0 Å². The van der Waals surface area contributed by atoms with Crippen LogP contribution in [0.4, 0.5) is 0 Å². The van der Waals surface area contributed by atoms with E-state index in [-0.39, 0.29) is 5.03 Å². The Labute approximate surface area is 139 Å². The summed E-state index contributed by atoms with van der Waals surface area (Å²) in [7, 11) is -3.29. The molecule has 3 aromatic heterocycles. The highest BCUT2D eigenvalue weighted by atomic mass is 32.2. The predicted molar refractivity (Wildman–Crippen MR) is 90.1 cm³/mol. The molecule has 0 bridgehead atoms. The van der Waals surface area contributed by atoms with Crippen molar-refractivity contribution >= 4 is 21.2 Å². The van der Waals surface area contributed by atoms with E-state index in [0.29, 0.717) is 5.69 Å². The van der Waals surface area contributed by atoms with E-state index in [2.05, 4.69) is 26.4 Å². The van der Waals surface area contributed by atoms with Gasteiger partial charge >= 0.3 is 0 Å². The zero-order valence-electron chi connectivity index (χ0n) is 12.5. The second kappa shape index (κ2) is 6.55. The third kappa shape index (κ3) is 4.00. The van der Waals surface area contributed by atoms with Crippen molar-refractivity contribution in [2.45, 2.75) is 17.9 Å². The number of hydrogen-bond acceptors (Lipinski definition) is 6.